The van der Waals surface area contributed by atoms with Crippen molar-refractivity contribution in [1.29, 1.82) is 0 Å². The second kappa shape index (κ2) is 10.6. The van der Waals surface area contributed by atoms with Crippen LogP contribution >= 0.6 is 0 Å². The molecule has 3 aromatic rings. The van der Waals surface area contributed by atoms with Crippen molar-refractivity contribution in [2.24, 2.45) is 5.92 Å². The van der Waals surface area contributed by atoms with Gasteiger partial charge in [-0.1, -0.05) is 38.1 Å². The van der Waals surface area contributed by atoms with Crippen LogP contribution in [0, 0.1) is 5.92 Å². The zero-order valence-corrected chi connectivity index (χ0v) is 18.4. The number of nitrogens with zero attached hydrogens (tertiary/aromatic N) is 2. The van der Waals surface area contributed by atoms with Crippen molar-refractivity contribution >= 4 is 22.8 Å². The summed E-state index contributed by atoms with van der Waals surface area (Å²) in [5, 5.41) is 5.90. The predicted octanol–water partition coefficient (Wildman–Crippen LogP) is 3.07. The lowest BCUT2D eigenvalue weighted by atomic mass is 10.2. The Hall–Kier alpha value is -3.35. The van der Waals surface area contributed by atoms with Gasteiger partial charge < -0.3 is 19.9 Å². The maximum atomic E-state index is 12.7. The number of hydrogen-bond acceptors (Lipinski definition) is 4. The molecule has 0 radical (unpaired) electrons. The number of carbonyl (C=O) groups excluding carboxylic acids is 2. The van der Waals surface area contributed by atoms with Crippen molar-refractivity contribution in [1.82, 2.24) is 20.2 Å². The minimum Gasteiger partial charge on any atom is -0.497 e. The van der Waals surface area contributed by atoms with Gasteiger partial charge in [-0.25, -0.2) is 4.98 Å². The molecule has 1 heterocycles. The molecule has 3 rings (SSSR count). The number of hydrogen-bond donors (Lipinski definition) is 2. The Morgan fingerprint density at radius 3 is 2.52 bits per heavy atom. The third-order valence-corrected chi connectivity index (χ3v) is 5.08. The number of carbonyl (C=O) groups is 2. The molecule has 0 saturated carbocycles. The van der Waals surface area contributed by atoms with Crippen molar-refractivity contribution in [2.45, 2.75) is 39.8 Å². The number of aryl methyl sites for hydroxylation is 1. The first-order chi connectivity index (χ1) is 15.0. The van der Waals surface area contributed by atoms with Gasteiger partial charge in [0.15, 0.2) is 0 Å². The van der Waals surface area contributed by atoms with Crippen LogP contribution in [0.25, 0.3) is 11.0 Å². The molecule has 0 atom stereocenters. The highest BCUT2D eigenvalue weighted by Gasteiger charge is 2.14. The monoisotopic (exact) mass is 422 g/mol. The van der Waals surface area contributed by atoms with E-state index in [1.807, 2.05) is 66.9 Å². The molecule has 0 unspecified atom stereocenters. The zero-order valence-electron chi connectivity index (χ0n) is 18.4. The number of aromatic nitrogens is 2. The number of imidazole rings is 1. The zero-order chi connectivity index (χ0) is 22.2. The average Bonchev–Trinajstić information content (AvgIpc) is 3.12. The largest absolute Gasteiger partial charge is 0.497 e. The number of ether oxygens (including phenoxy) is 1. The molecular formula is C24H30N4O3. The molecule has 2 N–H and O–H groups in total. The summed E-state index contributed by atoms with van der Waals surface area (Å²) in [6, 6.07) is 15.4. The molecule has 0 fully saturated rings. The normalized spacial score (nSPS) is 11.0. The van der Waals surface area contributed by atoms with Gasteiger partial charge in [0, 0.05) is 25.4 Å². The van der Waals surface area contributed by atoms with E-state index < -0.39 is 0 Å². The van der Waals surface area contributed by atoms with Gasteiger partial charge in [-0.3, -0.25) is 9.59 Å². The first-order valence-electron chi connectivity index (χ1n) is 10.6. The lowest BCUT2D eigenvalue weighted by Gasteiger charge is -2.11. The molecule has 0 aliphatic carbocycles. The predicted molar refractivity (Wildman–Crippen MR) is 121 cm³/mol. The highest BCUT2D eigenvalue weighted by Crippen LogP contribution is 2.17. The smallest absolute Gasteiger partial charge is 0.240 e. The lowest BCUT2D eigenvalue weighted by Crippen LogP contribution is -2.29. The Morgan fingerprint density at radius 1 is 1.06 bits per heavy atom. The number of benzene rings is 2. The summed E-state index contributed by atoms with van der Waals surface area (Å²) in [5.74, 6) is 1.58. The fraction of sp³-hybridized carbons (Fsp3) is 0.375. The van der Waals surface area contributed by atoms with E-state index in [1.165, 1.54) is 0 Å². The van der Waals surface area contributed by atoms with Crippen LogP contribution in [-0.2, 0) is 29.1 Å². The van der Waals surface area contributed by atoms with Crippen LogP contribution in [0.3, 0.4) is 0 Å². The van der Waals surface area contributed by atoms with Gasteiger partial charge in [0.05, 0.1) is 18.1 Å². The van der Waals surface area contributed by atoms with E-state index in [2.05, 4.69) is 10.6 Å². The third kappa shape index (κ3) is 6.07. The molecule has 7 nitrogen and oxygen atoms in total. The van der Waals surface area contributed by atoms with E-state index in [-0.39, 0.29) is 24.3 Å². The SMILES string of the molecule is COc1ccc(CNC(=O)Cn2c(CCCNC(=O)C(C)C)nc3ccccc32)cc1. The Labute approximate surface area is 182 Å². The van der Waals surface area contributed by atoms with E-state index in [4.69, 9.17) is 9.72 Å². The highest BCUT2D eigenvalue weighted by atomic mass is 16.5. The average molecular weight is 423 g/mol. The second-order valence-corrected chi connectivity index (χ2v) is 7.78. The first kappa shape index (κ1) is 22.3. The van der Waals surface area contributed by atoms with E-state index in [1.54, 1.807) is 7.11 Å². The molecule has 2 amide bonds. The summed E-state index contributed by atoms with van der Waals surface area (Å²) in [6.45, 7) is 4.99. The van der Waals surface area contributed by atoms with Crippen LogP contribution in [0.1, 0.15) is 31.7 Å². The van der Waals surface area contributed by atoms with Gasteiger partial charge in [-0.2, -0.15) is 0 Å². The Bertz CT molecular complexity index is 1020. The van der Waals surface area contributed by atoms with Crippen LogP contribution < -0.4 is 15.4 Å². The Kier molecular flexibility index (Phi) is 7.65. The summed E-state index contributed by atoms with van der Waals surface area (Å²) < 4.78 is 7.12. The fourth-order valence-electron chi connectivity index (χ4n) is 3.30. The number of fused-ring (bicyclic) bond motifs is 1. The van der Waals surface area contributed by atoms with Gasteiger partial charge in [-0.05, 0) is 36.2 Å². The lowest BCUT2D eigenvalue weighted by molar-refractivity contribution is -0.124. The molecular weight excluding hydrogens is 392 g/mol. The van der Waals surface area contributed by atoms with Gasteiger partial charge >= 0.3 is 0 Å². The molecule has 2 aromatic carbocycles. The molecule has 0 aliphatic rings. The van der Waals surface area contributed by atoms with Crippen molar-refractivity contribution in [3.05, 3.63) is 59.9 Å². The quantitative estimate of drug-likeness (QED) is 0.492. The van der Waals surface area contributed by atoms with Gasteiger partial charge in [0.1, 0.15) is 18.1 Å². The number of amides is 2. The minimum atomic E-state index is -0.0756. The van der Waals surface area contributed by atoms with E-state index in [0.717, 1.165) is 34.6 Å². The van der Waals surface area contributed by atoms with Crippen molar-refractivity contribution in [3.8, 4) is 5.75 Å². The maximum Gasteiger partial charge on any atom is 0.240 e. The van der Waals surface area contributed by atoms with Crippen LogP contribution in [0.15, 0.2) is 48.5 Å². The summed E-state index contributed by atoms with van der Waals surface area (Å²) in [5.41, 5.74) is 2.81. The van der Waals surface area contributed by atoms with E-state index >= 15 is 0 Å². The van der Waals surface area contributed by atoms with Crippen molar-refractivity contribution < 1.29 is 14.3 Å². The van der Waals surface area contributed by atoms with Crippen LogP contribution in [-0.4, -0.2) is 35.0 Å². The summed E-state index contributed by atoms with van der Waals surface area (Å²) >= 11 is 0. The van der Waals surface area contributed by atoms with Crippen LogP contribution in [0.5, 0.6) is 5.75 Å². The Morgan fingerprint density at radius 2 is 1.81 bits per heavy atom. The molecule has 0 saturated heterocycles. The first-order valence-corrected chi connectivity index (χ1v) is 10.6. The summed E-state index contributed by atoms with van der Waals surface area (Å²) in [4.78, 5) is 29.1. The molecule has 0 aliphatic heterocycles. The molecule has 1 aromatic heterocycles. The Balaban J connectivity index is 1.63. The third-order valence-electron chi connectivity index (χ3n) is 5.08. The molecule has 164 valence electrons. The highest BCUT2D eigenvalue weighted by molar-refractivity contribution is 5.81. The maximum absolute atomic E-state index is 12.7. The van der Waals surface area contributed by atoms with Crippen molar-refractivity contribution in [2.75, 3.05) is 13.7 Å². The molecule has 0 bridgehead atoms. The van der Waals surface area contributed by atoms with Crippen LogP contribution in [0.4, 0.5) is 0 Å². The molecule has 7 heteroatoms. The summed E-state index contributed by atoms with van der Waals surface area (Å²) in [7, 11) is 1.63. The fourth-order valence-corrected chi connectivity index (χ4v) is 3.30. The van der Waals surface area contributed by atoms with Gasteiger partial charge in [0.2, 0.25) is 11.8 Å². The second-order valence-electron chi connectivity index (χ2n) is 7.78. The number of methoxy groups -OCH3 is 1. The standard InChI is InChI=1S/C24H30N4O3/c1-17(2)24(30)25-14-6-9-22-27-20-7-4-5-8-21(20)28(22)16-23(29)26-15-18-10-12-19(31-3)13-11-18/h4-5,7-8,10-13,17H,6,9,14-16H2,1-3H3,(H,25,30)(H,26,29). The molecule has 0 spiro atoms. The topological polar surface area (TPSA) is 85.2 Å². The van der Waals surface area contributed by atoms with E-state index in [0.29, 0.717) is 19.5 Å². The molecule has 31 heavy (non-hydrogen) atoms. The van der Waals surface area contributed by atoms with Gasteiger partial charge in [0.25, 0.3) is 0 Å². The van der Waals surface area contributed by atoms with E-state index in [9.17, 15) is 9.59 Å². The van der Waals surface area contributed by atoms with Gasteiger partial charge in [-0.15, -0.1) is 0 Å². The summed E-state index contributed by atoms with van der Waals surface area (Å²) in [6.07, 6.45) is 1.44. The number of rotatable bonds is 10. The van der Waals surface area contributed by atoms with Crippen LogP contribution in [0.2, 0.25) is 0 Å². The minimum absolute atomic E-state index is 0.0287. The number of nitrogens with one attached hydrogen (secondary N) is 2. The number of para-hydroxylation sites is 2. The van der Waals surface area contributed by atoms with Crippen molar-refractivity contribution in [3.63, 3.8) is 0 Å².